The molecule has 0 aliphatic heterocycles. The Bertz CT molecular complexity index is 613. The molecule has 90 valence electrons. The first-order valence-electron chi connectivity index (χ1n) is 5.21. The summed E-state index contributed by atoms with van der Waals surface area (Å²) in [5, 5.41) is 6.20. The van der Waals surface area contributed by atoms with Crippen molar-refractivity contribution in [1.29, 1.82) is 0 Å². The number of aryl methyl sites for hydroxylation is 1. The monoisotopic (exact) mass is 242 g/mol. The van der Waals surface area contributed by atoms with E-state index in [1.165, 1.54) is 6.26 Å². The molecular formula is C12H10N4O2. The summed E-state index contributed by atoms with van der Waals surface area (Å²) in [6.45, 7) is 1.82. The molecule has 0 aliphatic rings. The highest BCUT2D eigenvalue weighted by Crippen LogP contribution is 2.23. The number of nitrogens with zero attached hydrogens (tertiary/aromatic N) is 3. The predicted molar refractivity (Wildman–Crippen MR) is 66.6 cm³/mol. The molecule has 6 nitrogen and oxygen atoms in total. The molecule has 0 fully saturated rings. The van der Waals surface area contributed by atoms with E-state index in [1.54, 1.807) is 30.3 Å². The molecule has 1 aromatic heterocycles. The molecule has 0 unspecified atom stereocenters. The summed E-state index contributed by atoms with van der Waals surface area (Å²) >= 11 is 0. The Hall–Kier alpha value is -2.72. The third kappa shape index (κ3) is 2.50. The van der Waals surface area contributed by atoms with Gasteiger partial charge in [-0.1, -0.05) is 11.2 Å². The van der Waals surface area contributed by atoms with E-state index in [1.807, 2.05) is 6.92 Å². The summed E-state index contributed by atoms with van der Waals surface area (Å²) in [5.41, 5.74) is 10.3. The molecule has 0 radical (unpaired) electrons. The van der Waals surface area contributed by atoms with Crippen LogP contribution in [0.4, 0.5) is 11.4 Å². The second-order valence-electron chi connectivity index (χ2n) is 3.62. The molecule has 0 atom stereocenters. The number of carbonyl (C=O) groups excluding carboxylic acids is 1. The first-order valence-corrected chi connectivity index (χ1v) is 5.21. The van der Waals surface area contributed by atoms with Crippen LogP contribution in [0.25, 0.3) is 10.4 Å². The number of benzene rings is 1. The van der Waals surface area contributed by atoms with E-state index in [9.17, 15) is 4.79 Å². The van der Waals surface area contributed by atoms with Crippen LogP contribution in [0, 0.1) is 6.92 Å². The number of amides is 1. The summed E-state index contributed by atoms with van der Waals surface area (Å²) < 4.78 is 4.97. The van der Waals surface area contributed by atoms with E-state index < -0.39 is 0 Å². The Balaban J connectivity index is 2.22. The molecule has 2 aromatic rings. The summed E-state index contributed by atoms with van der Waals surface area (Å²) in [7, 11) is 0. The first kappa shape index (κ1) is 11.8. The number of nitrogens with one attached hydrogen (secondary N) is 1. The molecule has 1 amide bonds. The smallest absolute Gasteiger partial charge is 0.291 e. The van der Waals surface area contributed by atoms with Crippen molar-refractivity contribution in [3.05, 3.63) is 58.4 Å². The number of hydrogen-bond acceptors (Lipinski definition) is 3. The Labute approximate surface area is 103 Å². The molecule has 0 bridgehead atoms. The topological polar surface area (TPSA) is 91.0 Å². The van der Waals surface area contributed by atoms with Gasteiger partial charge in [0.2, 0.25) is 0 Å². The fraction of sp³-hybridized carbons (Fsp3) is 0.0833. The lowest BCUT2D eigenvalue weighted by atomic mass is 10.2. The van der Waals surface area contributed by atoms with E-state index in [0.29, 0.717) is 11.4 Å². The van der Waals surface area contributed by atoms with Crippen LogP contribution in [0.1, 0.15) is 16.1 Å². The third-order valence-corrected chi connectivity index (χ3v) is 2.36. The summed E-state index contributed by atoms with van der Waals surface area (Å²) in [6, 6.07) is 8.30. The zero-order chi connectivity index (χ0) is 13.0. The lowest BCUT2D eigenvalue weighted by molar-refractivity contribution is 0.0996. The maximum Gasteiger partial charge on any atom is 0.291 e. The summed E-state index contributed by atoms with van der Waals surface area (Å²) in [5.74, 6) is -0.128. The van der Waals surface area contributed by atoms with Crippen LogP contribution in [0.15, 0.2) is 46.1 Å². The average Bonchev–Trinajstić information content (AvgIpc) is 2.87. The second-order valence-corrected chi connectivity index (χ2v) is 3.62. The van der Waals surface area contributed by atoms with Crippen molar-refractivity contribution in [2.24, 2.45) is 5.11 Å². The minimum absolute atomic E-state index is 0.223. The van der Waals surface area contributed by atoms with Gasteiger partial charge in [-0.2, -0.15) is 0 Å². The minimum atomic E-state index is -0.351. The number of anilines is 1. The van der Waals surface area contributed by atoms with Gasteiger partial charge in [-0.3, -0.25) is 4.79 Å². The quantitative estimate of drug-likeness (QED) is 0.504. The lowest BCUT2D eigenvalue weighted by Crippen LogP contribution is -2.10. The molecule has 0 spiro atoms. The lowest BCUT2D eigenvalue weighted by Gasteiger charge is -2.05. The van der Waals surface area contributed by atoms with Gasteiger partial charge in [0.05, 0.1) is 6.26 Å². The van der Waals surface area contributed by atoms with Crippen molar-refractivity contribution in [3.8, 4) is 0 Å². The fourth-order valence-electron chi connectivity index (χ4n) is 1.44. The van der Waals surface area contributed by atoms with Gasteiger partial charge in [0.25, 0.3) is 5.91 Å². The molecule has 0 saturated heterocycles. The van der Waals surface area contributed by atoms with Crippen LogP contribution < -0.4 is 5.32 Å². The highest BCUT2D eigenvalue weighted by molar-refractivity contribution is 6.02. The van der Waals surface area contributed by atoms with Gasteiger partial charge in [-0.15, -0.1) is 0 Å². The Morgan fingerprint density at radius 2 is 2.28 bits per heavy atom. The van der Waals surface area contributed by atoms with Crippen molar-refractivity contribution < 1.29 is 9.21 Å². The Kier molecular flexibility index (Phi) is 3.31. The zero-order valence-corrected chi connectivity index (χ0v) is 9.62. The molecule has 1 N–H and O–H groups in total. The van der Waals surface area contributed by atoms with Crippen molar-refractivity contribution in [2.75, 3.05) is 5.32 Å². The van der Waals surface area contributed by atoms with E-state index in [2.05, 4.69) is 15.3 Å². The van der Waals surface area contributed by atoms with Gasteiger partial charge in [0, 0.05) is 16.3 Å². The van der Waals surface area contributed by atoms with Crippen LogP contribution >= 0.6 is 0 Å². The largest absolute Gasteiger partial charge is 0.459 e. The van der Waals surface area contributed by atoms with Crippen LogP contribution in [0.2, 0.25) is 0 Å². The average molecular weight is 242 g/mol. The van der Waals surface area contributed by atoms with Crippen LogP contribution in [0.3, 0.4) is 0 Å². The van der Waals surface area contributed by atoms with Crippen molar-refractivity contribution in [2.45, 2.75) is 6.92 Å². The van der Waals surface area contributed by atoms with Crippen LogP contribution in [-0.2, 0) is 0 Å². The van der Waals surface area contributed by atoms with Crippen LogP contribution in [0.5, 0.6) is 0 Å². The molecule has 1 heterocycles. The maximum atomic E-state index is 11.7. The summed E-state index contributed by atoms with van der Waals surface area (Å²) in [4.78, 5) is 14.5. The number of furan rings is 1. The maximum absolute atomic E-state index is 11.7. The van der Waals surface area contributed by atoms with Crippen molar-refractivity contribution >= 4 is 17.3 Å². The SMILES string of the molecule is Cc1ccc(NC(=O)c2ccco2)cc1N=[N+]=[N-]. The fourth-order valence-corrected chi connectivity index (χ4v) is 1.44. The third-order valence-electron chi connectivity index (χ3n) is 2.36. The molecule has 6 heteroatoms. The van der Waals surface area contributed by atoms with Gasteiger partial charge in [-0.05, 0) is 42.3 Å². The van der Waals surface area contributed by atoms with Crippen molar-refractivity contribution in [3.63, 3.8) is 0 Å². The molecule has 0 saturated carbocycles. The molecule has 0 aliphatic carbocycles. The predicted octanol–water partition coefficient (Wildman–Crippen LogP) is 3.78. The normalized spacial score (nSPS) is 9.61. The van der Waals surface area contributed by atoms with Crippen LogP contribution in [-0.4, -0.2) is 5.91 Å². The Morgan fingerprint density at radius 1 is 1.44 bits per heavy atom. The molecule has 1 aromatic carbocycles. The van der Waals surface area contributed by atoms with Gasteiger partial charge < -0.3 is 9.73 Å². The standard InChI is InChI=1S/C12H10N4O2/c1-8-4-5-9(7-10(8)15-16-13)14-12(17)11-3-2-6-18-11/h2-7H,1H3,(H,14,17). The molecule has 2 rings (SSSR count). The van der Waals surface area contributed by atoms with Crippen molar-refractivity contribution in [1.82, 2.24) is 0 Å². The highest BCUT2D eigenvalue weighted by Gasteiger charge is 2.09. The van der Waals surface area contributed by atoms with Gasteiger partial charge >= 0.3 is 0 Å². The van der Waals surface area contributed by atoms with Gasteiger partial charge in [0.15, 0.2) is 5.76 Å². The molecule has 18 heavy (non-hydrogen) atoms. The molecular weight excluding hydrogens is 232 g/mol. The van der Waals surface area contributed by atoms with E-state index in [-0.39, 0.29) is 11.7 Å². The van der Waals surface area contributed by atoms with Gasteiger partial charge in [0.1, 0.15) is 0 Å². The number of azide groups is 1. The van der Waals surface area contributed by atoms with E-state index >= 15 is 0 Å². The summed E-state index contributed by atoms with van der Waals surface area (Å²) in [6.07, 6.45) is 1.43. The zero-order valence-electron chi connectivity index (χ0n) is 9.62. The number of rotatable bonds is 3. The van der Waals surface area contributed by atoms with E-state index in [0.717, 1.165) is 5.56 Å². The second kappa shape index (κ2) is 5.07. The Morgan fingerprint density at radius 3 is 2.94 bits per heavy atom. The highest BCUT2D eigenvalue weighted by atomic mass is 16.3. The minimum Gasteiger partial charge on any atom is -0.459 e. The van der Waals surface area contributed by atoms with E-state index in [4.69, 9.17) is 9.95 Å². The number of hydrogen-bond donors (Lipinski definition) is 1. The number of carbonyl (C=O) groups is 1. The van der Waals surface area contributed by atoms with Gasteiger partial charge in [-0.25, -0.2) is 0 Å². The first-order chi connectivity index (χ1) is 8.70.